The molecule has 2 aromatic heterocycles. The summed E-state index contributed by atoms with van der Waals surface area (Å²) in [5.74, 6) is 0.0762. The zero-order chi connectivity index (χ0) is 13.9. The highest BCUT2D eigenvalue weighted by Crippen LogP contribution is 2.21. The van der Waals surface area contributed by atoms with E-state index in [9.17, 15) is 4.79 Å². The van der Waals surface area contributed by atoms with Crippen LogP contribution >= 0.6 is 0 Å². The molecule has 0 fully saturated rings. The van der Waals surface area contributed by atoms with E-state index in [1.807, 2.05) is 19.2 Å². The van der Waals surface area contributed by atoms with Gasteiger partial charge in [-0.05, 0) is 23.3 Å². The van der Waals surface area contributed by atoms with E-state index in [2.05, 4.69) is 48.8 Å². The number of aromatic nitrogens is 5. The average Bonchev–Trinajstić information content (AvgIpc) is 3.06. The summed E-state index contributed by atoms with van der Waals surface area (Å²) < 4.78 is 2.07. The van der Waals surface area contributed by atoms with Gasteiger partial charge in [0.2, 0.25) is 5.91 Å². The van der Waals surface area contributed by atoms with Gasteiger partial charge in [0.1, 0.15) is 0 Å². The van der Waals surface area contributed by atoms with E-state index in [1.165, 1.54) is 10.9 Å². The van der Waals surface area contributed by atoms with E-state index >= 15 is 0 Å². The number of anilines is 1. The van der Waals surface area contributed by atoms with Crippen LogP contribution in [0.25, 0.3) is 10.9 Å². The van der Waals surface area contributed by atoms with Gasteiger partial charge in [-0.2, -0.15) is 5.21 Å². The highest BCUT2D eigenvalue weighted by Gasteiger charge is 2.09. The van der Waals surface area contributed by atoms with Gasteiger partial charge in [0, 0.05) is 30.6 Å². The predicted octanol–water partition coefficient (Wildman–Crippen LogP) is 1.26. The summed E-state index contributed by atoms with van der Waals surface area (Å²) in [7, 11) is 2.01. The smallest absolute Gasteiger partial charge is 0.269 e. The van der Waals surface area contributed by atoms with Crippen molar-refractivity contribution in [3.63, 3.8) is 0 Å². The Morgan fingerprint density at radius 2 is 2.25 bits per heavy atom. The Morgan fingerprint density at radius 1 is 1.40 bits per heavy atom. The molecule has 3 aromatic rings. The zero-order valence-corrected chi connectivity index (χ0v) is 11.0. The van der Waals surface area contributed by atoms with Gasteiger partial charge < -0.3 is 4.57 Å². The van der Waals surface area contributed by atoms with Crippen LogP contribution in [0.5, 0.6) is 0 Å². The number of hydrogen-bond donors (Lipinski definition) is 2. The molecular formula is C13H14N6O. The van der Waals surface area contributed by atoms with Gasteiger partial charge in [0.25, 0.3) is 5.95 Å². The molecule has 0 aliphatic rings. The number of rotatable bonds is 4. The van der Waals surface area contributed by atoms with Crippen molar-refractivity contribution in [2.75, 3.05) is 5.32 Å². The molecule has 20 heavy (non-hydrogen) atoms. The molecule has 7 heteroatoms. The maximum atomic E-state index is 11.8. The Kier molecular flexibility index (Phi) is 3.16. The van der Waals surface area contributed by atoms with Crippen LogP contribution in [0.3, 0.4) is 0 Å². The van der Waals surface area contributed by atoms with Gasteiger partial charge in [0.05, 0.1) is 0 Å². The lowest BCUT2D eigenvalue weighted by atomic mass is 10.1. The monoisotopic (exact) mass is 270 g/mol. The van der Waals surface area contributed by atoms with Gasteiger partial charge >= 0.3 is 0 Å². The van der Waals surface area contributed by atoms with Crippen LogP contribution in [0, 0.1) is 0 Å². The van der Waals surface area contributed by atoms with Crippen LogP contribution in [-0.2, 0) is 18.3 Å². The third-order valence-corrected chi connectivity index (χ3v) is 3.20. The largest absolute Gasteiger partial charge is 0.350 e. The molecule has 0 saturated heterocycles. The number of H-pyrrole nitrogens is 1. The number of nitrogens with one attached hydrogen (secondary N) is 2. The van der Waals surface area contributed by atoms with Crippen LogP contribution in [-0.4, -0.2) is 31.1 Å². The van der Waals surface area contributed by atoms with E-state index in [0.717, 1.165) is 5.56 Å². The summed E-state index contributed by atoms with van der Waals surface area (Å²) in [6.45, 7) is 0. The second-order valence-electron chi connectivity index (χ2n) is 4.57. The van der Waals surface area contributed by atoms with Gasteiger partial charge in [-0.15, -0.1) is 5.10 Å². The maximum absolute atomic E-state index is 11.8. The number of tetrazole rings is 1. The maximum Gasteiger partial charge on any atom is 0.269 e. The molecular weight excluding hydrogens is 256 g/mol. The Hall–Kier alpha value is -2.70. The fraction of sp³-hybridized carbons (Fsp3) is 0.231. The van der Waals surface area contributed by atoms with Crippen molar-refractivity contribution in [1.29, 1.82) is 0 Å². The third-order valence-electron chi connectivity index (χ3n) is 3.20. The van der Waals surface area contributed by atoms with E-state index in [1.54, 1.807) is 0 Å². The van der Waals surface area contributed by atoms with E-state index in [-0.39, 0.29) is 11.9 Å². The molecule has 7 nitrogen and oxygen atoms in total. The van der Waals surface area contributed by atoms with E-state index < -0.39 is 0 Å². The highest BCUT2D eigenvalue weighted by molar-refractivity contribution is 5.90. The number of amides is 1. The van der Waals surface area contributed by atoms with Gasteiger partial charge in [-0.25, -0.2) is 0 Å². The lowest BCUT2D eigenvalue weighted by Crippen LogP contribution is -2.13. The first-order valence-corrected chi connectivity index (χ1v) is 6.30. The van der Waals surface area contributed by atoms with Crippen LogP contribution in [0.4, 0.5) is 5.95 Å². The van der Waals surface area contributed by atoms with Crippen LogP contribution in [0.1, 0.15) is 12.0 Å². The normalized spacial score (nSPS) is 10.8. The Balaban J connectivity index is 1.69. The Morgan fingerprint density at radius 3 is 3.05 bits per heavy atom. The molecule has 2 heterocycles. The number of para-hydroxylation sites is 1. The number of carbonyl (C=O) groups excluding carboxylic acids is 1. The lowest BCUT2D eigenvalue weighted by Gasteiger charge is -2.00. The molecule has 0 spiro atoms. The van der Waals surface area contributed by atoms with Crippen molar-refractivity contribution in [3.8, 4) is 0 Å². The van der Waals surface area contributed by atoms with Crippen molar-refractivity contribution in [1.82, 2.24) is 25.2 Å². The molecule has 0 atom stereocenters. The van der Waals surface area contributed by atoms with E-state index in [0.29, 0.717) is 12.8 Å². The highest BCUT2D eigenvalue weighted by atomic mass is 16.1. The lowest BCUT2D eigenvalue weighted by molar-refractivity contribution is -0.116. The minimum Gasteiger partial charge on any atom is -0.350 e. The Bertz CT molecular complexity index is 730. The summed E-state index contributed by atoms with van der Waals surface area (Å²) in [5, 5.41) is 16.8. The van der Waals surface area contributed by atoms with Crippen molar-refractivity contribution in [2.45, 2.75) is 12.8 Å². The van der Waals surface area contributed by atoms with E-state index in [4.69, 9.17) is 0 Å². The summed E-state index contributed by atoms with van der Waals surface area (Å²) in [5.41, 5.74) is 2.33. The molecule has 0 saturated carbocycles. The molecule has 0 unspecified atom stereocenters. The van der Waals surface area contributed by atoms with Crippen LogP contribution in [0.15, 0.2) is 30.5 Å². The summed E-state index contributed by atoms with van der Waals surface area (Å²) in [4.78, 5) is 11.8. The zero-order valence-electron chi connectivity index (χ0n) is 11.0. The quantitative estimate of drug-likeness (QED) is 0.747. The van der Waals surface area contributed by atoms with Gasteiger partial charge in [0.15, 0.2) is 0 Å². The third kappa shape index (κ3) is 2.37. The SMILES string of the molecule is Cn1cc(CCC(=O)Nc2nn[nH]n2)c2ccccc21. The van der Waals surface area contributed by atoms with Crippen LogP contribution < -0.4 is 5.32 Å². The molecule has 1 aromatic carbocycles. The first-order chi connectivity index (χ1) is 9.74. The molecule has 1 amide bonds. The molecule has 102 valence electrons. The number of hydrogen-bond acceptors (Lipinski definition) is 4. The fourth-order valence-electron chi connectivity index (χ4n) is 2.27. The molecule has 0 bridgehead atoms. The van der Waals surface area contributed by atoms with Crippen molar-refractivity contribution >= 4 is 22.8 Å². The van der Waals surface area contributed by atoms with Gasteiger partial charge in [-0.3, -0.25) is 10.1 Å². The average molecular weight is 270 g/mol. The minimum absolute atomic E-state index is 0.126. The summed E-state index contributed by atoms with van der Waals surface area (Å²) in [6.07, 6.45) is 3.11. The van der Waals surface area contributed by atoms with Crippen LogP contribution in [0.2, 0.25) is 0 Å². The first kappa shape index (κ1) is 12.3. The molecule has 0 aliphatic carbocycles. The number of carbonyl (C=O) groups is 1. The molecule has 2 N–H and O–H groups in total. The minimum atomic E-state index is -0.126. The summed E-state index contributed by atoms with van der Waals surface area (Å²) >= 11 is 0. The number of aromatic amines is 1. The Labute approximate surface area is 115 Å². The van der Waals surface area contributed by atoms with Crippen molar-refractivity contribution in [2.24, 2.45) is 7.05 Å². The predicted molar refractivity (Wildman–Crippen MR) is 74.0 cm³/mol. The number of aryl methyl sites for hydroxylation is 2. The number of nitrogens with zero attached hydrogens (tertiary/aromatic N) is 4. The standard InChI is InChI=1S/C13H14N6O/c1-19-8-9(10-4-2-3-5-11(10)19)6-7-12(20)14-13-15-17-18-16-13/h2-5,8H,6-7H2,1H3,(H2,14,15,16,17,18,20). The van der Waals surface area contributed by atoms with Crippen molar-refractivity contribution in [3.05, 3.63) is 36.0 Å². The van der Waals surface area contributed by atoms with Gasteiger partial charge in [-0.1, -0.05) is 23.3 Å². The number of benzene rings is 1. The molecule has 0 radical (unpaired) electrons. The second kappa shape index (κ2) is 5.12. The summed E-state index contributed by atoms with van der Waals surface area (Å²) in [6, 6.07) is 8.15. The molecule has 3 rings (SSSR count). The number of fused-ring (bicyclic) bond motifs is 1. The fourth-order valence-corrected chi connectivity index (χ4v) is 2.27. The second-order valence-corrected chi connectivity index (χ2v) is 4.57. The van der Waals surface area contributed by atoms with Crippen molar-refractivity contribution < 1.29 is 4.79 Å². The molecule has 0 aliphatic heterocycles. The first-order valence-electron chi connectivity index (χ1n) is 6.30. The topological polar surface area (TPSA) is 88.5 Å².